The molecule has 1 aromatic heterocycles. The first-order valence-electron chi connectivity index (χ1n) is 9.16. The lowest BCUT2D eigenvalue weighted by Gasteiger charge is -2.23. The summed E-state index contributed by atoms with van der Waals surface area (Å²) in [5.41, 5.74) is 2.52. The minimum absolute atomic E-state index is 0.936. The zero-order valence-corrected chi connectivity index (χ0v) is 14.1. The van der Waals surface area contributed by atoms with Crippen LogP contribution in [0.25, 0.3) is 10.9 Å². The molecule has 0 atom stereocenters. The molecule has 2 aliphatic heterocycles. The molecule has 0 spiro atoms. The molecule has 23 heavy (non-hydrogen) atoms. The van der Waals surface area contributed by atoms with Gasteiger partial charge in [-0.2, -0.15) is 4.98 Å². The Morgan fingerprint density at radius 1 is 0.913 bits per heavy atom. The first-order chi connectivity index (χ1) is 11.4. The van der Waals surface area contributed by atoms with Gasteiger partial charge in [0.2, 0.25) is 5.95 Å². The maximum Gasteiger partial charge on any atom is 0.227 e. The number of hydrogen-bond donors (Lipinski definition) is 0. The fourth-order valence-corrected chi connectivity index (χ4v) is 3.92. The van der Waals surface area contributed by atoms with Gasteiger partial charge in [0.05, 0.1) is 5.52 Å². The van der Waals surface area contributed by atoms with Crippen LogP contribution in [0.15, 0.2) is 18.2 Å². The predicted molar refractivity (Wildman–Crippen MR) is 96.4 cm³/mol. The molecule has 122 valence electrons. The van der Waals surface area contributed by atoms with Gasteiger partial charge in [0.15, 0.2) is 0 Å². The summed E-state index contributed by atoms with van der Waals surface area (Å²) in [4.78, 5) is 14.8. The van der Waals surface area contributed by atoms with Crippen molar-refractivity contribution in [1.29, 1.82) is 0 Å². The third-order valence-electron chi connectivity index (χ3n) is 5.09. The molecule has 0 unspecified atom stereocenters. The lowest BCUT2D eigenvalue weighted by Crippen LogP contribution is -2.24. The van der Waals surface area contributed by atoms with Crippen molar-refractivity contribution in [1.82, 2.24) is 9.97 Å². The zero-order valence-electron chi connectivity index (χ0n) is 14.1. The number of rotatable bonds is 4. The summed E-state index contributed by atoms with van der Waals surface area (Å²) in [5, 5.41) is 1.29. The van der Waals surface area contributed by atoms with E-state index in [4.69, 9.17) is 9.97 Å². The average molecular weight is 310 g/mol. The molecule has 0 aliphatic carbocycles. The van der Waals surface area contributed by atoms with Crippen molar-refractivity contribution in [2.45, 2.75) is 45.4 Å². The summed E-state index contributed by atoms with van der Waals surface area (Å²) in [7, 11) is 0. The van der Waals surface area contributed by atoms with Crippen LogP contribution in [-0.2, 0) is 6.42 Å². The van der Waals surface area contributed by atoms with Crippen LogP contribution >= 0.6 is 0 Å². The molecule has 4 nitrogen and oxygen atoms in total. The number of aryl methyl sites for hydroxylation is 1. The van der Waals surface area contributed by atoms with Crippen molar-refractivity contribution in [3.8, 4) is 0 Å². The molecular weight excluding hydrogens is 284 g/mol. The van der Waals surface area contributed by atoms with Crippen LogP contribution in [-0.4, -0.2) is 36.1 Å². The fourth-order valence-electron chi connectivity index (χ4n) is 3.92. The summed E-state index contributed by atoms with van der Waals surface area (Å²) < 4.78 is 0. The van der Waals surface area contributed by atoms with Crippen LogP contribution in [0.2, 0.25) is 0 Å². The lowest BCUT2D eigenvalue weighted by molar-refractivity contribution is 0.878. The van der Waals surface area contributed by atoms with E-state index in [1.807, 2.05) is 0 Å². The SMILES string of the molecule is CCCc1cccc2nc(N3CCCC3)nc(N3CCCC3)c12. The van der Waals surface area contributed by atoms with Crippen LogP contribution < -0.4 is 9.80 Å². The molecule has 2 saturated heterocycles. The number of hydrogen-bond acceptors (Lipinski definition) is 4. The van der Waals surface area contributed by atoms with Gasteiger partial charge in [0.25, 0.3) is 0 Å². The van der Waals surface area contributed by atoms with Crippen LogP contribution in [0.3, 0.4) is 0 Å². The minimum Gasteiger partial charge on any atom is -0.356 e. The first-order valence-corrected chi connectivity index (χ1v) is 9.16. The smallest absolute Gasteiger partial charge is 0.227 e. The molecule has 0 N–H and O–H groups in total. The van der Waals surface area contributed by atoms with Gasteiger partial charge >= 0.3 is 0 Å². The highest BCUT2D eigenvalue weighted by Gasteiger charge is 2.22. The molecule has 2 fully saturated rings. The van der Waals surface area contributed by atoms with Gasteiger partial charge in [0.1, 0.15) is 5.82 Å². The highest BCUT2D eigenvalue weighted by atomic mass is 15.3. The highest BCUT2D eigenvalue weighted by molar-refractivity contribution is 5.93. The molecule has 4 rings (SSSR count). The van der Waals surface area contributed by atoms with Gasteiger partial charge in [-0.05, 0) is 43.7 Å². The van der Waals surface area contributed by atoms with Gasteiger partial charge in [0, 0.05) is 31.6 Å². The average Bonchev–Trinajstić information content (AvgIpc) is 3.28. The minimum atomic E-state index is 0.936. The highest BCUT2D eigenvalue weighted by Crippen LogP contribution is 2.32. The third kappa shape index (κ3) is 2.75. The van der Waals surface area contributed by atoms with Gasteiger partial charge < -0.3 is 9.80 Å². The summed E-state index contributed by atoms with van der Waals surface area (Å²) in [6, 6.07) is 6.57. The maximum atomic E-state index is 5.05. The summed E-state index contributed by atoms with van der Waals surface area (Å²) in [5.74, 6) is 2.11. The van der Waals surface area contributed by atoms with E-state index in [2.05, 4.69) is 34.9 Å². The Bertz CT molecular complexity index is 685. The summed E-state index contributed by atoms with van der Waals surface area (Å²) in [6.45, 7) is 6.70. The molecule has 0 amide bonds. The second kappa shape index (κ2) is 6.34. The molecule has 0 radical (unpaired) electrons. The molecule has 3 heterocycles. The van der Waals surface area contributed by atoms with Crippen LogP contribution in [0, 0.1) is 0 Å². The van der Waals surface area contributed by atoms with Crippen molar-refractivity contribution in [3.05, 3.63) is 23.8 Å². The van der Waals surface area contributed by atoms with Crippen LogP contribution in [0.4, 0.5) is 11.8 Å². The van der Waals surface area contributed by atoms with E-state index in [0.717, 1.165) is 50.5 Å². The molecule has 0 bridgehead atoms. The molecule has 4 heteroatoms. The number of fused-ring (bicyclic) bond motifs is 1. The Kier molecular flexibility index (Phi) is 4.06. The van der Waals surface area contributed by atoms with E-state index in [1.54, 1.807) is 0 Å². The van der Waals surface area contributed by atoms with Crippen molar-refractivity contribution >= 4 is 22.7 Å². The summed E-state index contributed by atoms with van der Waals surface area (Å²) in [6.07, 6.45) is 7.34. The summed E-state index contributed by atoms with van der Waals surface area (Å²) >= 11 is 0. The molecule has 2 aliphatic rings. The van der Waals surface area contributed by atoms with Crippen LogP contribution in [0.5, 0.6) is 0 Å². The zero-order chi connectivity index (χ0) is 15.6. The first kappa shape index (κ1) is 14.7. The predicted octanol–water partition coefficient (Wildman–Crippen LogP) is 3.78. The Balaban J connectivity index is 1.88. The normalized spacial score (nSPS) is 18.3. The van der Waals surface area contributed by atoms with Gasteiger partial charge in [-0.3, -0.25) is 0 Å². The molecular formula is C19H26N4. The number of aromatic nitrogens is 2. The van der Waals surface area contributed by atoms with E-state index >= 15 is 0 Å². The number of anilines is 2. The second-order valence-corrected chi connectivity index (χ2v) is 6.80. The van der Waals surface area contributed by atoms with Gasteiger partial charge in [-0.1, -0.05) is 25.5 Å². The Morgan fingerprint density at radius 2 is 1.61 bits per heavy atom. The topological polar surface area (TPSA) is 32.3 Å². The van der Waals surface area contributed by atoms with E-state index < -0.39 is 0 Å². The Labute approximate surface area is 138 Å². The molecule has 2 aromatic rings. The standard InChI is InChI=1S/C19H26N4/c1-2-8-15-9-7-10-16-17(15)18(22-11-3-4-12-22)21-19(20-16)23-13-5-6-14-23/h7,9-10H,2-6,8,11-14H2,1H3. The van der Waals surface area contributed by atoms with Gasteiger partial charge in [-0.15, -0.1) is 0 Å². The van der Waals surface area contributed by atoms with Crippen molar-refractivity contribution in [3.63, 3.8) is 0 Å². The maximum absolute atomic E-state index is 5.05. The number of nitrogens with zero attached hydrogens (tertiary/aromatic N) is 4. The Hall–Kier alpha value is -1.84. The monoisotopic (exact) mass is 310 g/mol. The Morgan fingerprint density at radius 3 is 2.30 bits per heavy atom. The molecule has 0 saturated carbocycles. The van der Waals surface area contributed by atoms with E-state index in [1.165, 1.54) is 42.5 Å². The van der Waals surface area contributed by atoms with E-state index in [9.17, 15) is 0 Å². The largest absolute Gasteiger partial charge is 0.356 e. The lowest BCUT2D eigenvalue weighted by atomic mass is 10.0. The van der Waals surface area contributed by atoms with Crippen LogP contribution in [0.1, 0.15) is 44.6 Å². The van der Waals surface area contributed by atoms with Gasteiger partial charge in [-0.25, -0.2) is 4.98 Å². The molecule has 1 aromatic carbocycles. The van der Waals surface area contributed by atoms with E-state index in [0.29, 0.717) is 0 Å². The van der Waals surface area contributed by atoms with Crippen molar-refractivity contribution < 1.29 is 0 Å². The third-order valence-corrected chi connectivity index (χ3v) is 5.09. The number of benzene rings is 1. The van der Waals surface area contributed by atoms with Crippen molar-refractivity contribution in [2.24, 2.45) is 0 Å². The fraction of sp³-hybridized carbons (Fsp3) is 0.579. The quantitative estimate of drug-likeness (QED) is 0.860. The van der Waals surface area contributed by atoms with E-state index in [-0.39, 0.29) is 0 Å². The second-order valence-electron chi connectivity index (χ2n) is 6.80. The van der Waals surface area contributed by atoms with Crippen molar-refractivity contribution in [2.75, 3.05) is 36.0 Å².